The first-order valence-electron chi connectivity index (χ1n) is 10.6. The molecule has 1 amide bonds. The minimum Gasteiger partial charge on any atom is -0.493 e. The third-order valence-corrected chi connectivity index (χ3v) is 6.69. The molecule has 0 saturated heterocycles. The van der Waals surface area contributed by atoms with Crippen molar-refractivity contribution in [3.63, 3.8) is 0 Å². The quantitative estimate of drug-likeness (QED) is 0.435. The molecule has 7 nitrogen and oxygen atoms in total. The van der Waals surface area contributed by atoms with E-state index in [-0.39, 0.29) is 13.0 Å². The average Bonchev–Trinajstić information content (AvgIpc) is 2.84. The molecule has 0 aromatic heterocycles. The molecule has 0 saturated carbocycles. The number of methoxy groups -OCH3 is 2. The number of nitrogens with one attached hydrogen (secondary N) is 2. The van der Waals surface area contributed by atoms with Gasteiger partial charge in [-0.15, -0.1) is 0 Å². The molecule has 0 heterocycles. The van der Waals surface area contributed by atoms with E-state index < -0.39 is 32.7 Å². The molecule has 0 bridgehead atoms. The van der Waals surface area contributed by atoms with Gasteiger partial charge >= 0.3 is 0 Å². The van der Waals surface area contributed by atoms with Crippen molar-refractivity contribution in [1.29, 1.82) is 0 Å². The number of hydrogen-bond donors (Lipinski definition) is 2. The van der Waals surface area contributed by atoms with E-state index in [1.54, 1.807) is 44.6 Å². The minimum atomic E-state index is -4.27. The molecule has 0 aliphatic carbocycles. The zero-order valence-corrected chi connectivity index (χ0v) is 19.8. The molecule has 0 radical (unpaired) electrons. The SMILES string of the molecule is COc1ccc(CCNC(=O)C(Cc2ccccc2)NS(=O)(=O)c2ccccc2F)cc1OC. The molecule has 0 fully saturated rings. The Morgan fingerprint density at radius 3 is 2.26 bits per heavy atom. The van der Waals surface area contributed by atoms with Gasteiger partial charge in [0.1, 0.15) is 16.8 Å². The van der Waals surface area contributed by atoms with Crippen molar-refractivity contribution < 1.29 is 27.1 Å². The Bertz CT molecular complexity index is 1220. The highest BCUT2D eigenvalue weighted by atomic mass is 32.2. The average molecular weight is 487 g/mol. The van der Waals surface area contributed by atoms with Crippen LogP contribution in [0.25, 0.3) is 0 Å². The van der Waals surface area contributed by atoms with Crippen LogP contribution < -0.4 is 19.5 Å². The Morgan fingerprint density at radius 1 is 0.912 bits per heavy atom. The number of carbonyl (C=O) groups is 1. The first-order valence-corrected chi connectivity index (χ1v) is 12.1. The first kappa shape index (κ1) is 25.2. The summed E-state index contributed by atoms with van der Waals surface area (Å²) in [4.78, 5) is 12.5. The fourth-order valence-electron chi connectivity index (χ4n) is 3.44. The number of ether oxygens (including phenoxy) is 2. The van der Waals surface area contributed by atoms with Crippen molar-refractivity contribution in [3.8, 4) is 11.5 Å². The van der Waals surface area contributed by atoms with E-state index in [1.165, 1.54) is 12.1 Å². The second-order valence-corrected chi connectivity index (χ2v) is 9.21. The summed E-state index contributed by atoms with van der Waals surface area (Å²) in [7, 11) is -1.18. The predicted octanol–water partition coefficient (Wildman–Crippen LogP) is 3.09. The van der Waals surface area contributed by atoms with Crippen LogP contribution in [0.5, 0.6) is 11.5 Å². The second-order valence-electron chi connectivity index (χ2n) is 7.52. The largest absolute Gasteiger partial charge is 0.493 e. The first-order chi connectivity index (χ1) is 16.3. The Kier molecular flexibility index (Phi) is 8.61. The molecule has 3 aromatic carbocycles. The normalized spacial score (nSPS) is 12.1. The fourth-order valence-corrected chi connectivity index (χ4v) is 4.71. The number of hydrogen-bond acceptors (Lipinski definition) is 5. The van der Waals surface area contributed by atoms with Crippen molar-refractivity contribution in [1.82, 2.24) is 10.0 Å². The monoisotopic (exact) mass is 486 g/mol. The Labute approximate surface area is 199 Å². The smallest absolute Gasteiger partial charge is 0.244 e. The zero-order chi connectivity index (χ0) is 24.6. The van der Waals surface area contributed by atoms with Crippen molar-refractivity contribution >= 4 is 15.9 Å². The molecule has 1 unspecified atom stereocenters. The maximum Gasteiger partial charge on any atom is 0.244 e. The van der Waals surface area contributed by atoms with E-state index >= 15 is 0 Å². The summed E-state index contributed by atoms with van der Waals surface area (Å²) in [5.41, 5.74) is 1.67. The lowest BCUT2D eigenvalue weighted by atomic mass is 10.1. The van der Waals surface area contributed by atoms with Crippen LogP contribution in [0.15, 0.2) is 77.7 Å². The molecule has 34 heavy (non-hydrogen) atoms. The van der Waals surface area contributed by atoms with Crippen LogP contribution in [0.4, 0.5) is 4.39 Å². The third-order valence-electron chi connectivity index (χ3n) is 5.18. The summed E-state index contributed by atoms with van der Waals surface area (Å²) < 4.78 is 52.7. The Balaban J connectivity index is 1.73. The topological polar surface area (TPSA) is 93.7 Å². The van der Waals surface area contributed by atoms with E-state index in [0.717, 1.165) is 23.3 Å². The zero-order valence-electron chi connectivity index (χ0n) is 19.0. The van der Waals surface area contributed by atoms with Crippen LogP contribution in [0.3, 0.4) is 0 Å². The number of benzene rings is 3. The second kappa shape index (κ2) is 11.6. The summed E-state index contributed by atoms with van der Waals surface area (Å²) in [5.74, 6) is -0.224. The lowest BCUT2D eigenvalue weighted by Crippen LogP contribution is -2.48. The third kappa shape index (κ3) is 6.55. The van der Waals surface area contributed by atoms with Crippen LogP contribution in [0, 0.1) is 5.82 Å². The highest BCUT2D eigenvalue weighted by molar-refractivity contribution is 7.89. The van der Waals surface area contributed by atoms with Crippen LogP contribution in [0.2, 0.25) is 0 Å². The molecule has 0 spiro atoms. The molecule has 2 N–H and O–H groups in total. The van der Waals surface area contributed by atoms with Gasteiger partial charge in [0.15, 0.2) is 11.5 Å². The van der Waals surface area contributed by atoms with Crippen LogP contribution in [0.1, 0.15) is 11.1 Å². The molecule has 180 valence electrons. The van der Waals surface area contributed by atoms with Gasteiger partial charge in [0, 0.05) is 6.54 Å². The molecule has 3 rings (SSSR count). The van der Waals surface area contributed by atoms with E-state index in [1.807, 2.05) is 18.2 Å². The standard InChI is InChI=1S/C25H27FN2O5S/c1-32-22-13-12-19(17-23(22)33-2)14-15-27-25(29)21(16-18-8-4-3-5-9-18)28-34(30,31)24-11-7-6-10-20(24)26/h3-13,17,21,28H,14-16H2,1-2H3,(H,27,29). The summed E-state index contributed by atoms with van der Waals surface area (Å²) in [6.45, 7) is 0.265. The van der Waals surface area contributed by atoms with E-state index in [2.05, 4.69) is 10.0 Å². The van der Waals surface area contributed by atoms with Crippen molar-refractivity contribution in [2.75, 3.05) is 20.8 Å². The van der Waals surface area contributed by atoms with Crippen molar-refractivity contribution in [2.24, 2.45) is 0 Å². The van der Waals surface area contributed by atoms with Gasteiger partial charge in [0.2, 0.25) is 15.9 Å². The van der Waals surface area contributed by atoms with Crippen molar-refractivity contribution in [3.05, 3.63) is 89.7 Å². The fraction of sp³-hybridized carbons (Fsp3) is 0.240. The van der Waals surface area contributed by atoms with Gasteiger partial charge in [0.05, 0.1) is 14.2 Å². The van der Waals surface area contributed by atoms with E-state index in [9.17, 15) is 17.6 Å². The van der Waals surface area contributed by atoms with Gasteiger partial charge in [-0.25, -0.2) is 12.8 Å². The van der Waals surface area contributed by atoms with Gasteiger partial charge < -0.3 is 14.8 Å². The number of sulfonamides is 1. The minimum absolute atomic E-state index is 0.108. The summed E-state index contributed by atoms with van der Waals surface area (Å²) in [5, 5.41) is 2.77. The molecule has 0 aliphatic rings. The van der Waals surface area contributed by atoms with Gasteiger partial charge in [-0.3, -0.25) is 4.79 Å². The van der Waals surface area contributed by atoms with Crippen LogP contribution in [-0.4, -0.2) is 41.1 Å². The molecule has 3 aromatic rings. The van der Waals surface area contributed by atoms with E-state index in [0.29, 0.717) is 17.9 Å². The number of amides is 1. The van der Waals surface area contributed by atoms with Gasteiger partial charge in [0.25, 0.3) is 0 Å². The maximum absolute atomic E-state index is 14.1. The van der Waals surface area contributed by atoms with Gasteiger partial charge in [-0.1, -0.05) is 48.5 Å². The highest BCUT2D eigenvalue weighted by Gasteiger charge is 2.27. The van der Waals surface area contributed by atoms with Gasteiger partial charge in [-0.05, 0) is 48.2 Å². The molecule has 0 aliphatic heterocycles. The summed E-state index contributed by atoms with van der Waals surface area (Å²) in [6, 6.07) is 18.4. The van der Waals surface area contributed by atoms with Gasteiger partial charge in [-0.2, -0.15) is 4.72 Å². The maximum atomic E-state index is 14.1. The number of rotatable bonds is 11. The van der Waals surface area contributed by atoms with Crippen LogP contribution >= 0.6 is 0 Å². The number of halogens is 1. The Hall–Kier alpha value is -3.43. The predicted molar refractivity (Wildman–Crippen MR) is 127 cm³/mol. The Morgan fingerprint density at radius 2 is 1.59 bits per heavy atom. The lowest BCUT2D eigenvalue weighted by molar-refractivity contribution is -0.122. The lowest BCUT2D eigenvalue weighted by Gasteiger charge is -2.19. The summed E-state index contributed by atoms with van der Waals surface area (Å²) >= 11 is 0. The number of carbonyl (C=O) groups excluding carboxylic acids is 1. The molecule has 1 atom stereocenters. The molecular weight excluding hydrogens is 459 g/mol. The highest BCUT2D eigenvalue weighted by Crippen LogP contribution is 2.27. The van der Waals surface area contributed by atoms with E-state index in [4.69, 9.17) is 9.47 Å². The molecular formula is C25H27FN2O5S. The summed E-state index contributed by atoms with van der Waals surface area (Å²) in [6.07, 6.45) is 0.598. The van der Waals surface area contributed by atoms with Crippen molar-refractivity contribution in [2.45, 2.75) is 23.8 Å². The van der Waals surface area contributed by atoms with Crippen LogP contribution in [-0.2, 0) is 27.7 Å². The molecule has 9 heteroatoms.